The molecule has 0 N–H and O–H groups in total. The Bertz CT molecular complexity index is 1140. The Kier molecular flexibility index (Phi) is 7.85. The average Bonchev–Trinajstić information content (AvgIpc) is 3.35. The highest BCUT2D eigenvalue weighted by Gasteiger charge is 2.38. The predicted octanol–water partition coefficient (Wildman–Crippen LogP) is 4.76. The van der Waals surface area contributed by atoms with E-state index in [-0.39, 0.29) is 30.2 Å². The Morgan fingerprint density at radius 2 is 1.46 bits per heavy atom. The molecular formula is C31H35N3O3. The molecule has 6 nitrogen and oxygen atoms in total. The zero-order chi connectivity index (χ0) is 25.6. The van der Waals surface area contributed by atoms with E-state index in [1.807, 2.05) is 41.3 Å². The normalized spacial score (nSPS) is 18.4. The summed E-state index contributed by atoms with van der Waals surface area (Å²) < 4.78 is 5.65. The van der Waals surface area contributed by atoms with Gasteiger partial charge >= 0.3 is 0 Å². The van der Waals surface area contributed by atoms with Crippen molar-refractivity contribution in [1.82, 2.24) is 9.80 Å². The van der Waals surface area contributed by atoms with Crippen LogP contribution in [0.5, 0.6) is 5.75 Å². The summed E-state index contributed by atoms with van der Waals surface area (Å²) in [5.74, 6) is 0.600. The lowest BCUT2D eigenvalue weighted by molar-refractivity contribution is -0.137. The summed E-state index contributed by atoms with van der Waals surface area (Å²) in [5.41, 5.74) is 3.34. The fourth-order valence-electron chi connectivity index (χ4n) is 5.41. The Hall–Kier alpha value is -3.64. The maximum absolute atomic E-state index is 13.4. The molecule has 2 aliphatic heterocycles. The van der Waals surface area contributed by atoms with E-state index >= 15 is 0 Å². The molecule has 0 spiro atoms. The van der Waals surface area contributed by atoms with Gasteiger partial charge < -0.3 is 14.5 Å². The molecule has 37 heavy (non-hydrogen) atoms. The van der Waals surface area contributed by atoms with Crippen LogP contribution in [0.1, 0.15) is 36.9 Å². The van der Waals surface area contributed by atoms with Gasteiger partial charge in [0.25, 0.3) is 0 Å². The fraction of sp³-hybridized carbons (Fsp3) is 0.355. The van der Waals surface area contributed by atoms with Gasteiger partial charge in [0, 0.05) is 44.8 Å². The zero-order valence-electron chi connectivity index (χ0n) is 21.5. The molecule has 0 aliphatic carbocycles. The SMILES string of the molecule is CCCOc1ccc(N2C[C@H](C(=O)N3CCN(C(c4ccccc4)c4ccccc4)CC3)CC2=O)cc1. The molecule has 2 fully saturated rings. The topological polar surface area (TPSA) is 53.1 Å². The van der Waals surface area contributed by atoms with E-state index in [2.05, 4.69) is 60.4 Å². The van der Waals surface area contributed by atoms with E-state index in [4.69, 9.17) is 4.74 Å². The van der Waals surface area contributed by atoms with Crippen LogP contribution in [-0.4, -0.2) is 60.9 Å². The van der Waals surface area contributed by atoms with E-state index < -0.39 is 0 Å². The van der Waals surface area contributed by atoms with Crippen LogP contribution in [-0.2, 0) is 9.59 Å². The molecular weight excluding hydrogens is 462 g/mol. The van der Waals surface area contributed by atoms with Gasteiger partial charge in [-0.15, -0.1) is 0 Å². The molecule has 6 heteroatoms. The third kappa shape index (κ3) is 5.70. The monoisotopic (exact) mass is 497 g/mol. The van der Waals surface area contributed by atoms with E-state index in [0.29, 0.717) is 26.2 Å². The number of benzene rings is 3. The fourth-order valence-corrected chi connectivity index (χ4v) is 5.41. The van der Waals surface area contributed by atoms with Gasteiger partial charge in [-0.05, 0) is 41.8 Å². The minimum Gasteiger partial charge on any atom is -0.494 e. The standard InChI is InChI=1S/C31H35N3O3/c1-2-21-37-28-15-13-27(14-16-28)34-23-26(22-29(34)35)31(36)33-19-17-32(18-20-33)30(24-9-5-3-6-10-24)25-11-7-4-8-12-25/h3-16,26,30H,2,17-23H2,1H3/t26-/m1/s1. The number of rotatable bonds is 8. The highest BCUT2D eigenvalue weighted by atomic mass is 16.5. The summed E-state index contributed by atoms with van der Waals surface area (Å²) in [6, 6.07) is 28.9. The van der Waals surface area contributed by atoms with Gasteiger partial charge in [-0.2, -0.15) is 0 Å². The molecule has 3 aromatic rings. The Morgan fingerprint density at radius 3 is 2.03 bits per heavy atom. The number of carbonyl (C=O) groups is 2. The highest BCUT2D eigenvalue weighted by Crippen LogP contribution is 2.31. The van der Waals surface area contributed by atoms with Crippen molar-refractivity contribution in [2.75, 3.05) is 44.2 Å². The molecule has 0 aromatic heterocycles. The Morgan fingerprint density at radius 1 is 0.865 bits per heavy atom. The number of hydrogen-bond acceptors (Lipinski definition) is 4. The van der Waals surface area contributed by atoms with Gasteiger partial charge in [-0.3, -0.25) is 14.5 Å². The van der Waals surface area contributed by atoms with Gasteiger partial charge in [0.2, 0.25) is 11.8 Å². The van der Waals surface area contributed by atoms with Crippen LogP contribution >= 0.6 is 0 Å². The molecule has 0 bridgehead atoms. The predicted molar refractivity (Wildman–Crippen MR) is 146 cm³/mol. The molecule has 2 saturated heterocycles. The molecule has 2 heterocycles. The maximum Gasteiger partial charge on any atom is 0.228 e. The number of nitrogens with zero attached hydrogens (tertiary/aromatic N) is 3. The van der Waals surface area contributed by atoms with E-state index in [1.165, 1.54) is 11.1 Å². The van der Waals surface area contributed by atoms with Crippen molar-refractivity contribution < 1.29 is 14.3 Å². The first-order valence-electron chi connectivity index (χ1n) is 13.3. The molecule has 1 atom stereocenters. The number of hydrogen-bond donors (Lipinski definition) is 0. The van der Waals surface area contributed by atoms with Crippen LogP contribution in [0.4, 0.5) is 5.69 Å². The molecule has 0 radical (unpaired) electrons. The van der Waals surface area contributed by atoms with E-state index in [9.17, 15) is 9.59 Å². The molecule has 2 aliphatic rings. The second-order valence-electron chi connectivity index (χ2n) is 9.83. The van der Waals surface area contributed by atoms with Crippen LogP contribution in [0.3, 0.4) is 0 Å². The molecule has 192 valence electrons. The van der Waals surface area contributed by atoms with Crippen LogP contribution in [0.25, 0.3) is 0 Å². The summed E-state index contributed by atoms with van der Waals surface area (Å²) in [6.07, 6.45) is 1.22. The van der Waals surface area contributed by atoms with Crippen molar-refractivity contribution >= 4 is 17.5 Å². The minimum atomic E-state index is -0.297. The van der Waals surface area contributed by atoms with Gasteiger partial charge in [0.05, 0.1) is 18.6 Å². The second kappa shape index (κ2) is 11.6. The molecule has 2 amide bonds. The van der Waals surface area contributed by atoms with Crippen molar-refractivity contribution in [2.45, 2.75) is 25.8 Å². The van der Waals surface area contributed by atoms with Gasteiger partial charge in [0.15, 0.2) is 0 Å². The lowest BCUT2D eigenvalue weighted by atomic mass is 9.96. The lowest BCUT2D eigenvalue weighted by Crippen LogP contribution is -2.51. The van der Waals surface area contributed by atoms with Crippen LogP contribution in [0, 0.1) is 5.92 Å². The van der Waals surface area contributed by atoms with Gasteiger partial charge in [0.1, 0.15) is 5.75 Å². The molecule has 0 unspecified atom stereocenters. The first-order chi connectivity index (χ1) is 18.1. The summed E-state index contributed by atoms with van der Waals surface area (Å²) in [4.78, 5) is 32.4. The molecule has 0 saturated carbocycles. The van der Waals surface area contributed by atoms with E-state index in [1.54, 1.807) is 4.90 Å². The quantitative estimate of drug-likeness (QED) is 0.450. The smallest absolute Gasteiger partial charge is 0.228 e. The number of piperazine rings is 1. The van der Waals surface area contributed by atoms with Gasteiger partial charge in [-0.25, -0.2) is 0 Å². The summed E-state index contributed by atoms with van der Waals surface area (Å²) >= 11 is 0. The van der Waals surface area contributed by atoms with Crippen molar-refractivity contribution in [3.05, 3.63) is 96.1 Å². The van der Waals surface area contributed by atoms with Crippen LogP contribution in [0.15, 0.2) is 84.9 Å². The first-order valence-corrected chi connectivity index (χ1v) is 13.3. The summed E-state index contributed by atoms with van der Waals surface area (Å²) in [5, 5.41) is 0. The van der Waals surface area contributed by atoms with Crippen molar-refractivity contribution in [3.63, 3.8) is 0 Å². The van der Waals surface area contributed by atoms with Crippen molar-refractivity contribution in [3.8, 4) is 5.75 Å². The van der Waals surface area contributed by atoms with Crippen LogP contribution < -0.4 is 9.64 Å². The number of anilines is 1. The number of ether oxygens (including phenoxy) is 1. The van der Waals surface area contributed by atoms with E-state index in [0.717, 1.165) is 30.9 Å². The lowest BCUT2D eigenvalue weighted by Gasteiger charge is -2.40. The highest BCUT2D eigenvalue weighted by molar-refractivity contribution is 6.00. The Balaban J connectivity index is 1.21. The minimum absolute atomic E-state index is 0.00688. The molecule has 3 aromatic carbocycles. The molecule has 5 rings (SSSR count). The Labute approximate surface area is 219 Å². The van der Waals surface area contributed by atoms with Crippen molar-refractivity contribution in [2.24, 2.45) is 5.92 Å². The van der Waals surface area contributed by atoms with Gasteiger partial charge in [-0.1, -0.05) is 67.6 Å². The third-order valence-corrected chi connectivity index (χ3v) is 7.32. The number of carbonyl (C=O) groups excluding carboxylic acids is 2. The number of amides is 2. The summed E-state index contributed by atoms with van der Waals surface area (Å²) in [6.45, 7) is 6.10. The zero-order valence-corrected chi connectivity index (χ0v) is 21.5. The maximum atomic E-state index is 13.4. The average molecular weight is 498 g/mol. The summed E-state index contributed by atoms with van der Waals surface area (Å²) in [7, 11) is 0. The first kappa shape index (κ1) is 25.0. The van der Waals surface area contributed by atoms with Crippen LogP contribution in [0.2, 0.25) is 0 Å². The largest absolute Gasteiger partial charge is 0.494 e. The van der Waals surface area contributed by atoms with Crippen molar-refractivity contribution in [1.29, 1.82) is 0 Å². The second-order valence-corrected chi connectivity index (χ2v) is 9.83. The third-order valence-electron chi connectivity index (χ3n) is 7.32.